The second-order valence-corrected chi connectivity index (χ2v) is 4.78. The standard InChI is InChI=1S/C12H17N5O4/c13-9-6-14-2-1-10(9)17(12(20)21)8-3-7(4-15-5-8)16-11(18)19/h1-2,6-8,15-16H,3-5,13H2,(H,18,19)(H,20,21). The van der Waals surface area contributed by atoms with Gasteiger partial charge < -0.3 is 26.6 Å². The number of anilines is 2. The van der Waals surface area contributed by atoms with Gasteiger partial charge in [0.25, 0.3) is 0 Å². The van der Waals surface area contributed by atoms with Crippen LogP contribution in [0.1, 0.15) is 6.42 Å². The van der Waals surface area contributed by atoms with Crippen LogP contribution in [0.4, 0.5) is 21.0 Å². The van der Waals surface area contributed by atoms with E-state index in [-0.39, 0.29) is 11.7 Å². The Balaban J connectivity index is 2.20. The highest BCUT2D eigenvalue weighted by Crippen LogP contribution is 2.26. The summed E-state index contributed by atoms with van der Waals surface area (Å²) >= 11 is 0. The van der Waals surface area contributed by atoms with Gasteiger partial charge >= 0.3 is 12.2 Å². The zero-order valence-electron chi connectivity index (χ0n) is 11.2. The molecule has 1 aromatic rings. The van der Waals surface area contributed by atoms with Crippen molar-refractivity contribution >= 4 is 23.6 Å². The molecule has 0 bridgehead atoms. The summed E-state index contributed by atoms with van der Waals surface area (Å²) in [6.07, 6.45) is 0.940. The minimum atomic E-state index is -1.14. The summed E-state index contributed by atoms with van der Waals surface area (Å²) in [5, 5.41) is 23.6. The monoisotopic (exact) mass is 295 g/mol. The second-order valence-electron chi connectivity index (χ2n) is 4.78. The van der Waals surface area contributed by atoms with Crippen LogP contribution < -0.4 is 21.3 Å². The molecular weight excluding hydrogens is 278 g/mol. The summed E-state index contributed by atoms with van der Waals surface area (Å²) in [5.41, 5.74) is 6.39. The number of hydrogen-bond donors (Lipinski definition) is 5. The third kappa shape index (κ3) is 3.51. The van der Waals surface area contributed by atoms with E-state index in [2.05, 4.69) is 15.6 Å². The number of hydrogen-bond acceptors (Lipinski definition) is 5. The van der Waals surface area contributed by atoms with Crippen LogP contribution in [0, 0.1) is 0 Å². The van der Waals surface area contributed by atoms with E-state index in [4.69, 9.17) is 10.8 Å². The second kappa shape index (κ2) is 6.27. The Hall–Kier alpha value is -2.55. The molecule has 0 saturated carbocycles. The molecule has 1 fully saturated rings. The molecule has 1 saturated heterocycles. The van der Waals surface area contributed by atoms with Crippen LogP contribution in [0.5, 0.6) is 0 Å². The highest BCUT2D eigenvalue weighted by molar-refractivity contribution is 5.90. The smallest absolute Gasteiger partial charge is 0.412 e. The zero-order valence-corrected chi connectivity index (χ0v) is 11.2. The lowest BCUT2D eigenvalue weighted by molar-refractivity contribution is 0.183. The van der Waals surface area contributed by atoms with Gasteiger partial charge in [0.1, 0.15) is 0 Å². The molecule has 1 aromatic heterocycles. The average molecular weight is 295 g/mol. The zero-order chi connectivity index (χ0) is 15.4. The molecule has 1 aliphatic rings. The van der Waals surface area contributed by atoms with Crippen molar-refractivity contribution in [3.05, 3.63) is 18.5 Å². The van der Waals surface area contributed by atoms with Crippen molar-refractivity contribution in [3.8, 4) is 0 Å². The number of aromatic nitrogens is 1. The molecule has 114 valence electrons. The first-order valence-electron chi connectivity index (χ1n) is 6.41. The van der Waals surface area contributed by atoms with Gasteiger partial charge in [-0.3, -0.25) is 9.88 Å². The molecular formula is C12H17N5O4. The number of piperidine rings is 1. The molecule has 2 atom stereocenters. The normalized spacial score (nSPS) is 21.5. The van der Waals surface area contributed by atoms with Gasteiger partial charge in [-0.05, 0) is 12.5 Å². The quantitative estimate of drug-likeness (QED) is 0.534. The first kappa shape index (κ1) is 14.9. The van der Waals surface area contributed by atoms with Crippen molar-refractivity contribution in [2.45, 2.75) is 18.5 Å². The summed E-state index contributed by atoms with van der Waals surface area (Å²) < 4.78 is 0. The van der Waals surface area contributed by atoms with Crippen LogP contribution in [-0.2, 0) is 0 Å². The first-order valence-corrected chi connectivity index (χ1v) is 6.41. The van der Waals surface area contributed by atoms with Gasteiger partial charge in [0.05, 0.1) is 23.6 Å². The van der Waals surface area contributed by atoms with Crippen molar-refractivity contribution in [1.29, 1.82) is 0 Å². The molecule has 2 heterocycles. The average Bonchev–Trinajstić information content (AvgIpc) is 2.40. The van der Waals surface area contributed by atoms with Crippen molar-refractivity contribution in [3.63, 3.8) is 0 Å². The van der Waals surface area contributed by atoms with E-state index < -0.39 is 18.2 Å². The Labute approximate surface area is 120 Å². The van der Waals surface area contributed by atoms with E-state index in [0.29, 0.717) is 25.2 Å². The summed E-state index contributed by atoms with van der Waals surface area (Å²) in [7, 11) is 0. The molecule has 2 unspecified atom stereocenters. The van der Waals surface area contributed by atoms with Gasteiger partial charge in [-0.25, -0.2) is 9.59 Å². The fourth-order valence-electron chi connectivity index (χ4n) is 2.48. The van der Waals surface area contributed by atoms with Gasteiger partial charge in [-0.2, -0.15) is 0 Å². The number of carboxylic acid groups (broad SMARTS) is 2. The molecule has 2 rings (SSSR count). The third-order valence-electron chi connectivity index (χ3n) is 3.31. The number of carbonyl (C=O) groups is 2. The van der Waals surface area contributed by atoms with Crippen molar-refractivity contribution < 1.29 is 19.8 Å². The molecule has 0 aliphatic carbocycles. The van der Waals surface area contributed by atoms with Gasteiger partial charge in [0.2, 0.25) is 0 Å². The van der Waals surface area contributed by atoms with Crippen molar-refractivity contribution in [2.24, 2.45) is 0 Å². The molecule has 1 aliphatic heterocycles. The van der Waals surface area contributed by atoms with Gasteiger partial charge in [0, 0.05) is 25.3 Å². The molecule has 2 amide bonds. The number of pyridine rings is 1. The maximum atomic E-state index is 11.6. The lowest BCUT2D eigenvalue weighted by Crippen LogP contribution is -2.57. The Morgan fingerprint density at radius 3 is 2.81 bits per heavy atom. The van der Waals surface area contributed by atoms with Crippen LogP contribution in [0.2, 0.25) is 0 Å². The highest BCUT2D eigenvalue weighted by Gasteiger charge is 2.32. The molecule has 21 heavy (non-hydrogen) atoms. The predicted molar refractivity (Wildman–Crippen MR) is 75.4 cm³/mol. The Bertz CT molecular complexity index is 538. The van der Waals surface area contributed by atoms with Crippen molar-refractivity contribution in [2.75, 3.05) is 23.7 Å². The van der Waals surface area contributed by atoms with E-state index in [0.717, 1.165) is 4.90 Å². The minimum Gasteiger partial charge on any atom is -0.465 e. The molecule has 9 nitrogen and oxygen atoms in total. The fraction of sp³-hybridized carbons (Fsp3) is 0.417. The SMILES string of the molecule is Nc1cnccc1N(C(=O)O)C1CNCC(NC(=O)O)C1. The topological polar surface area (TPSA) is 141 Å². The number of rotatable bonds is 3. The molecule has 6 N–H and O–H groups in total. The lowest BCUT2D eigenvalue weighted by Gasteiger charge is -2.36. The number of nitrogens with one attached hydrogen (secondary N) is 2. The first-order chi connectivity index (χ1) is 9.99. The van der Waals surface area contributed by atoms with E-state index in [9.17, 15) is 14.7 Å². The lowest BCUT2D eigenvalue weighted by atomic mass is 10.0. The van der Waals surface area contributed by atoms with Gasteiger partial charge in [-0.15, -0.1) is 0 Å². The van der Waals surface area contributed by atoms with Crippen LogP contribution >= 0.6 is 0 Å². The van der Waals surface area contributed by atoms with Crippen LogP contribution in [0.15, 0.2) is 18.5 Å². The van der Waals surface area contributed by atoms with Crippen LogP contribution in [-0.4, -0.2) is 52.6 Å². The Kier molecular flexibility index (Phi) is 4.43. The van der Waals surface area contributed by atoms with Crippen LogP contribution in [0.3, 0.4) is 0 Å². The number of nitrogen functional groups attached to an aromatic ring is 1. The van der Waals surface area contributed by atoms with E-state index >= 15 is 0 Å². The summed E-state index contributed by atoms with van der Waals surface area (Å²) in [6.45, 7) is 0.883. The number of nitrogens with zero attached hydrogens (tertiary/aromatic N) is 2. The molecule has 0 aromatic carbocycles. The van der Waals surface area contributed by atoms with E-state index in [1.165, 1.54) is 18.5 Å². The molecule has 0 radical (unpaired) electrons. The molecule has 9 heteroatoms. The van der Waals surface area contributed by atoms with E-state index in [1.807, 2.05) is 0 Å². The van der Waals surface area contributed by atoms with Gasteiger partial charge in [-0.1, -0.05) is 0 Å². The Morgan fingerprint density at radius 1 is 1.43 bits per heavy atom. The third-order valence-corrected chi connectivity index (χ3v) is 3.31. The van der Waals surface area contributed by atoms with E-state index in [1.54, 1.807) is 0 Å². The number of nitrogens with two attached hydrogens (primary N) is 1. The summed E-state index contributed by atoms with van der Waals surface area (Å²) in [6, 6.07) is 0.751. The fourth-order valence-corrected chi connectivity index (χ4v) is 2.48. The highest BCUT2D eigenvalue weighted by atomic mass is 16.4. The summed E-state index contributed by atoms with van der Waals surface area (Å²) in [4.78, 5) is 27.3. The minimum absolute atomic E-state index is 0.258. The largest absolute Gasteiger partial charge is 0.465 e. The van der Waals surface area contributed by atoms with Gasteiger partial charge in [0.15, 0.2) is 0 Å². The predicted octanol–water partition coefficient (Wildman–Crippen LogP) is 0.146. The summed E-state index contributed by atoms with van der Waals surface area (Å²) in [5.74, 6) is 0. The maximum Gasteiger partial charge on any atom is 0.412 e. The number of amides is 2. The maximum absolute atomic E-state index is 11.6. The van der Waals surface area contributed by atoms with Crippen molar-refractivity contribution in [1.82, 2.24) is 15.6 Å². The molecule has 0 spiro atoms. The Morgan fingerprint density at radius 2 is 2.19 bits per heavy atom. The van der Waals surface area contributed by atoms with Crippen LogP contribution in [0.25, 0.3) is 0 Å².